The van der Waals surface area contributed by atoms with E-state index in [-0.39, 0.29) is 11.8 Å². The third kappa shape index (κ3) is 3.15. The van der Waals surface area contributed by atoms with Gasteiger partial charge in [0, 0.05) is 18.7 Å². The van der Waals surface area contributed by atoms with Crippen LogP contribution in [0.3, 0.4) is 0 Å². The fraction of sp³-hybridized carbons (Fsp3) is 0.615. The zero-order valence-electron chi connectivity index (χ0n) is 11.1. The number of halogens is 1. The van der Waals surface area contributed by atoms with Crippen molar-refractivity contribution in [1.29, 1.82) is 0 Å². The minimum atomic E-state index is -0.234. The zero-order valence-corrected chi connectivity index (χ0v) is 11.9. The molecule has 104 valence electrons. The number of nitrogens with two attached hydrogens (primary N) is 1. The van der Waals surface area contributed by atoms with Crippen LogP contribution >= 0.6 is 11.6 Å². The highest BCUT2D eigenvalue weighted by Gasteiger charge is 2.26. The number of hydrogen-bond donors (Lipinski definition) is 1. The summed E-state index contributed by atoms with van der Waals surface area (Å²) in [6, 6.07) is 0. The zero-order chi connectivity index (χ0) is 13.8. The Hall–Kier alpha value is -1.36. The largest absolute Gasteiger partial charge is 0.369 e. The number of anilines is 1. The van der Waals surface area contributed by atoms with E-state index in [0.717, 1.165) is 43.6 Å². The number of aromatic nitrogens is 2. The molecule has 2 heterocycles. The van der Waals surface area contributed by atoms with Gasteiger partial charge in [0.2, 0.25) is 5.91 Å². The molecule has 19 heavy (non-hydrogen) atoms. The van der Waals surface area contributed by atoms with Gasteiger partial charge in [-0.25, -0.2) is 9.97 Å². The predicted molar refractivity (Wildman–Crippen MR) is 75.2 cm³/mol. The van der Waals surface area contributed by atoms with Crippen molar-refractivity contribution < 1.29 is 4.79 Å². The van der Waals surface area contributed by atoms with Crippen LogP contribution < -0.4 is 10.6 Å². The average Bonchev–Trinajstić information content (AvgIpc) is 2.41. The molecule has 1 saturated heterocycles. The second-order valence-corrected chi connectivity index (χ2v) is 5.26. The lowest BCUT2D eigenvalue weighted by atomic mass is 9.97. The van der Waals surface area contributed by atoms with E-state index in [4.69, 9.17) is 17.3 Å². The van der Waals surface area contributed by atoms with Gasteiger partial charge in [-0.15, -0.1) is 0 Å². The van der Waals surface area contributed by atoms with Crippen molar-refractivity contribution in [1.82, 2.24) is 9.97 Å². The van der Waals surface area contributed by atoms with Crippen LogP contribution in [0.5, 0.6) is 0 Å². The summed E-state index contributed by atoms with van der Waals surface area (Å²) in [6.07, 6.45) is 5.10. The van der Waals surface area contributed by atoms with Gasteiger partial charge in [-0.05, 0) is 19.3 Å². The van der Waals surface area contributed by atoms with Crippen molar-refractivity contribution in [3.8, 4) is 0 Å². The van der Waals surface area contributed by atoms with E-state index < -0.39 is 0 Å². The number of nitrogens with zero attached hydrogens (tertiary/aromatic N) is 3. The van der Waals surface area contributed by atoms with E-state index in [1.165, 1.54) is 6.33 Å². The molecule has 0 aromatic carbocycles. The van der Waals surface area contributed by atoms with Gasteiger partial charge >= 0.3 is 0 Å². The van der Waals surface area contributed by atoms with Gasteiger partial charge in [-0.1, -0.05) is 24.9 Å². The summed E-state index contributed by atoms with van der Waals surface area (Å²) >= 11 is 6.16. The fourth-order valence-corrected chi connectivity index (χ4v) is 2.74. The van der Waals surface area contributed by atoms with Gasteiger partial charge in [-0.2, -0.15) is 0 Å². The third-order valence-corrected chi connectivity index (χ3v) is 3.82. The number of amides is 1. The summed E-state index contributed by atoms with van der Waals surface area (Å²) in [5.74, 6) is 0.520. The summed E-state index contributed by atoms with van der Waals surface area (Å²) in [4.78, 5) is 21.9. The SMILES string of the molecule is CCCc1c(Cl)ncnc1N1CCCC(C(N)=O)C1. The van der Waals surface area contributed by atoms with Crippen molar-refractivity contribution in [3.63, 3.8) is 0 Å². The van der Waals surface area contributed by atoms with Crippen molar-refractivity contribution in [2.75, 3.05) is 18.0 Å². The van der Waals surface area contributed by atoms with Gasteiger partial charge in [0.1, 0.15) is 17.3 Å². The summed E-state index contributed by atoms with van der Waals surface area (Å²) in [6.45, 7) is 3.60. The van der Waals surface area contributed by atoms with E-state index >= 15 is 0 Å². The van der Waals surface area contributed by atoms with E-state index in [1.54, 1.807) is 0 Å². The molecular weight excluding hydrogens is 264 g/mol. The molecule has 1 aliphatic rings. The molecule has 5 nitrogen and oxygen atoms in total. The molecule has 2 N–H and O–H groups in total. The first-order valence-electron chi connectivity index (χ1n) is 6.67. The van der Waals surface area contributed by atoms with Gasteiger partial charge in [0.25, 0.3) is 0 Å². The lowest BCUT2D eigenvalue weighted by Gasteiger charge is -2.33. The normalized spacial score (nSPS) is 19.5. The Balaban J connectivity index is 2.25. The van der Waals surface area contributed by atoms with Gasteiger partial charge in [-0.3, -0.25) is 4.79 Å². The molecule has 0 saturated carbocycles. The van der Waals surface area contributed by atoms with Gasteiger partial charge in [0.15, 0.2) is 0 Å². The van der Waals surface area contributed by atoms with E-state index in [9.17, 15) is 4.79 Å². The van der Waals surface area contributed by atoms with Crippen LogP contribution in [0.4, 0.5) is 5.82 Å². The molecule has 1 aliphatic heterocycles. The van der Waals surface area contributed by atoms with Crippen LogP contribution in [0.25, 0.3) is 0 Å². The maximum atomic E-state index is 11.3. The molecule has 1 amide bonds. The number of piperidine rings is 1. The van der Waals surface area contributed by atoms with E-state index in [2.05, 4.69) is 21.8 Å². The highest BCUT2D eigenvalue weighted by molar-refractivity contribution is 6.30. The van der Waals surface area contributed by atoms with Crippen LogP contribution in [0.1, 0.15) is 31.7 Å². The Kier molecular flexibility index (Phi) is 4.58. The van der Waals surface area contributed by atoms with Gasteiger partial charge in [0.05, 0.1) is 5.92 Å². The first-order chi connectivity index (χ1) is 9.13. The van der Waals surface area contributed by atoms with Gasteiger partial charge < -0.3 is 10.6 Å². The molecule has 0 radical (unpaired) electrons. The molecule has 6 heteroatoms. The standard InChI is InChI=1S/C13H19ClN4O/c1-2-4-10-11(14)16-8-17-13(10)18-6-3-5-9(7-18)12(15)19/h8-9H,2-7H2,1H3,(H2,15,19). The Morgan fingerprint density at radius 3 is 3.05 bits per heavy atom. The van der Waals surface area contributed by atoms with Crippen molar-refractivity contribution >= 4 is 23.3 Å². The fourth-order valence-electron chi connectivity index (χ4n) is 2.52. The number of carbonyl (C=O) groups excluding carboxylic acids is 1. The number of rotatable bonds is 4. The Morgan fingerprint density at radius 1 is 1.58 bits per heavy atom. The van der Waals surface area contributed by atoms with Crippen molar-refractivity contribution in [2.24, 2.45) is 11.7 Å². The van der Waals surface area contributed by atoms with Crippen LogP contribution in [-0.2, 0) is 11.2 Å². The summed E-state index contributed by atoms with van der Waals surface area (Å²) < 4.78 is 0. The Morgan fingerprint density at radius 2 is 2.37 bits per heavy atom. The van der Waals surface area contributed by atoms with Crippen molar-refractivity contribution in [3.05, 3.63) is 17.0 Å². The monoisotopic (exact) mass is 282 g/mol. The number of hydrogen-bond acceptors (Lipinski definition) is 4. The van der Waals surface area contributed by atoms with Crippen LogP contribution in [0.15, 0.2) is 6.33 Å². The molecule has 1 atom stereocenters. The Bertz CT molecular complexity index is 466. The summed E-state index contributed by atoms with van der Waals surface area (Å²) in [5.41, 5.74) is 6.38. The second-order valence-electron chi connectivity index (χ2n) is 4.90. The Labute approximate surface area is 118 Å². The molecule has 2 rings (SSSR count). The summed E-state index contributed by atoms with van der Waals surface area (Å²) in [7, 11) is 0. The van der Waals surface area contributed by atoms with E-state index in [1.807, 2.05) is 0 Å². The molecule has 0 spiro atoms. The first kappa shape index (κ1) is 14.1. The van der Waals surface area contributed by atoms with Crippen LogP contribution in [-0.4, -0.2) is 29.0 Å². The third-order valence-electron chi connectivity index (χ3n) is 3.49. The lowest BCUT2D eigenvalue weighted by Crippen LogP contribution is -2.42. The lowest BCUT2D eigenvalue weighted by molar-refractivity contribution is -0.122. The maximum Gasteiger partial charge on any atom is 0.222 e. The minimum absolute atomic E-state index is 0.100. The topological polar surface area (TPSA) is 72.1 Å². The molecule has 0 bridgehead atoms. The van der Waals surface area contributed by atoms with Crippen LogP contribution in [0.2, 0.25) is 5.15 Å². The highest BCUT2D eigenvalue weighted by atomic mass is 35.5. The van der Waals surface area contributed by atoms with E-state index in [0.29, 0.717) is 11.7 Å². The molecule has 1 fully saturated rings. The summed E-state index contributed by atoms with van der Waals surface area (Å²) in [5, 5.41) is 0.507. The predicted octanol–water partition coefficient (Wildman–Crippen LogP) is 1.78. The smallest absolute Gasteiger partial charge is 0.222 e. The first-order valence-corrected chi connectivity index (χ1v) is 7.05. The van der Waals surface area contributed by atoms with Crippen molar-refractivity contribution in [2.45, 2.75) is 32.6 Å². The average molecular weight is 283 g/mol. The highest BCUT2D eigenvalue weighted by Crippen LogP contribution is 2.28. The molecule has 1 unspecified atom stereocenters. The minimum Gasteiger partial charge on any atom is -0.369 e. The number of primary amides is 1. The molecule has 0 aliphatic carbocycles. The molecule has 1 aromatic rings. The quantitative estimate of drug-likeness (QED) is 0.855. The second kappa shape index (κ2) is 6.19. The maximum absolute atomic E-state index is 11.3. The molecule has 1 aromatic heterocycles. The number of carbonyl (C=O) groups is 1. The van der Waals surface area contributed by atoms with Crippen LogP contribution in [0, 0.1) is 5.92 Å². The molecular formula is C13H19ClN4O.